The molecule has 2 aromatic carbocycles. The van der Waals surface area contributed by atoms with Crippen LogP contribution in [0.4, 0.5) is 10.1 Å². The van der Waals surface area contributed by atoms with Gasteiger partial charge in [0.1, 0.15) is 11.6 Å². The summed E-state index contributed by atoms with van der Waals surface area (Å²) >= 11 is 0. The number of anilines is 1. The quantitative estimate of drug-likeness (QED) is 0.919. The third-order valence-corrected chi connectivity index (χ3v) is 2.82. The molecule has 98 valence electrons. The van der Waals surface area contributed by atoms with Crippen molar-refractivity contribution in [3.05, 3.63) is 59.9 Å². The molecule has 0 aliphatic carbocycles. The Labute approximate surface area is 110 Å². The average Bonchev–Trinajstić information content (AvgIpc) is 2.43. The van der Waals surface area contributed by atoms with Crippen molar-refractivity contribution in [2.24, 2.45) is 0 Å². The number of para-hydroxylation sites is 1. The van der Waals surface area contributed by atoms with Gasteiger partial charge in [0.05, 0.1) is 5.56 Å². The van der Waals surface area contributed by atoms with Crippen LogP contribution in [0.15, 0.2) is 48.5 Å². The number of phenolic OH excluding ortho intramolecular Hbond substituents is 1. The Morgan fingerprint density at radius 2 is 1.89 bits per heavy atom. The van der Waals surface area contributed by atoms with E-state index >= 15 is 0 Å². The second-order valence-corrected chi connectivity index (χ2v) is 4.05. The van der Waals surface area contributed by atoms with Crippen LogP contribution in [0.25, 0.3) is 0 Å². The maximum atomic E-state index is 13.2. The number of halogens is 1. The number of hydrogen-bond donors (Lipinski definition) is 1. The summed E-state index contributed by atoms with van der Waals surface area (Å²) in [5.41, 5.74) is 0.671. The molecular weight excluding hydrogens is 245 g/mol. The molecule has 3 nitrogen and oxygen atoms in total. The lowest BCUT2D eigenvalue weighted by molar-refractivity contribution is 0.0985. The standard InChI is InChI=1S/C15H14FNO2/c1-2-17(12-6-4-3-5-7-12)15(19)13-10-11(16)8-9-14(13)18/h3-10,18H,2H2,1H3. The molecule has 0 saturated heterocycles. The molecule has 0 unspecified atom stereocenters. The SMILES string of the molecule is CCN(C(=O)c1cc(F)ccc1O)c1ccccc1. The van der Waals surface area contributed by atoms with Crippen LogP contribution in [0.5, 0.6) is 5.75 Å². The number of hydrogen-bond acceptors (Lipinski definition) is 2. The normalized spacial score (nSPS) is 10.2. The van der Waals surface area contributed by atoms with Crippen LogP contribution in [-0.4, -0.2) is 17.6 Å². The summed E-state index contributed by atoms with van der Waals surface area (Å²) in [6.07, 6.45) is 0. The van der Waals surface area contributed by atoms with Gasteiger partial charge in [0, 0.05) is 12.2 Å². The lowest BCUT2D eigenvalue weighted by Gasteiger charge is -2.21. The number of aromatic hydroxyl groups is 1. The first-order valence-corrected chi connectivity index (χ1v) is 5.99. The zero-order chi connectivity index (χ0) is 13.8. The highest BCUT2D eigenvalue weighted by atomic mass is 19.1. The van der Waals surface area contributed by atoms with Crippen molar-refractivity contribution in [2.75, 3.05) is 11.4 Å². The summed E-state index contributed by atoms with van der Waals surface area (Å²) in [7, 11) is 0. The van der Waals surface area contributed by atoms with Gasteiger partial charge in [-0.25, -0.2) is 4.39 Å². The Morgan fingerprint density at radius 1 is 1.21 bits per heavy atom. The van der Waals surface area contributed by atoms with E-state index in [0.717, 1.165) is 12.1 Å². The third kappa shape index (κ3) is 2.73. The van der Waals surface area contributed by atoms with Crippen LogP contribution in [0.1, 0.15) is 17.3 Å². The van der Waals surface area contributed by atoms with Gasteiger partial charge in [0.2, 0.25) is 0 Å². The van der Waals surface area contributed by atoms with E-state index in [1.54, 1.807) is 12.1 Å². The van der Waals surface area contributed by atoms with Gasteiger partial charge < -0.3 is 10.0 Å². The van der Waals surface area contributed by atoms with Gasteiger partial charge in [-0.15, -0.1) is 0 Å². The van der Waals surface area contributed by atoms with E-state index in [0.29, 0.717) is 12.2 Å². The van der Waals surface area contributed by atoms with E-state index in [1.165, 1.54) is 11.0 Å². The second kappa shape index (κ2) is 5.52. The molecule has 1 amide bonds. The summed E-state index contributed by atoms with van der Waals surface area (Å²) in [4.78, 5) is 13.8. The van der Waals surface area contributed by atoms with Crippen molar-refractivity contribution in [2.45, 2.75) is 6.92 Å². The van der Waals surface area contributed by atoms with Crippen molar-refractivity contribution in [1.82, 2.24) is 0 Å². The summed E-state index contributed by atoms with van der Waals surface area (Å²) in [5.74, 6) is -1.20. The molecular formula is C15H14FNO2. The average molecular weight is 259 g/mol. The van der Waals surface area contributed by atoms with E-state index in [-0.39, 0.29) is 11.3 Å². The zero-order valence-electron chi connectivity index (χ0n) is 10.5. The number of amides is 1. The van der Waals surface area contributed by atoms with E-state index in [1.807, 2.05) is 25.1 Å². The van der Waals surface area contributed by atoms with Gasteiger partial charge in [-0.3, -0.25) is 4.79 Å². The van der Waals surface area contributed by atoms with Crippen LogP contribution < -0.4 is 4.90 Å². The molecule has 0 aliphatic heterocycles. The zero-order valence-corrected chi connectivity index (χ0v) is 10.5. The van der Waals surface area contributed by atoms with Crippen molar-refractivity contribution in [3.8, 4) is 5.75 Å². The van der Waals surface area contributed by atoms with Gasteiger partial charge >= 0.3 is 0 Å². The van der Waals surface area contributed by atoms with Gasteiger partial charge in [-0.2, -0.15) is 0 Å². The molecule has 0 radical (unpaired) electrons. The molecule has 2 aromatic rings. The minimum absolute atomic E-state index is 0.0364. The molecule has 4 heteroatoms. The molecule has 2 rings (SSSR count). The fourth-order valence-corrected chi connectivity index (χ4v) is 1.88. The van der Waals surface area contributed by atoms with E-state index < -0.39 is 11.7 Å². The molecule has 19 heavy (non-hydrogen) atoms. The van der Waals surface area contributed by atoms with Crippen molar-refractivity contribution < 1.29 is 14.3 Å². The van der Waals surface area contributed by atoms with Gasteiger partial charge in [-0.1, -0.05) is 18.2 Å². The lowest BCUT2D eigenvalue weighted by atomic mass is 10.1. The fraction of sp³-hybridized carbons (Fsp3) is 0.133. The first-order chi connectivity index (χ1) is 9.13. The number of carbonyl (C=O) groups is 1. The highest BCUT2D eigenvalue weighted by Crippen LogP contribution is 2.23. The molecule has 0 aromatic heterocycles. The molecule has 0 bridgehead atoms. The minimum Gasteiger partial charge on any atom is -0.507 e. The monoisotopic (exact) mass is 259 g/mol. The summed E-state index contributed by atoms with van der Waals surface area (Å²) < 4.78 is 13.2. The minimum atomic E-state index is -0.551. The smallest absolute Gasteiger partial charge is 0.262 e. The van der Waals surface area contributed by atoms with Crippen LogP contribution in [0.3, 0.4) is 0 Å². The van der Waals surface area contributed by atoms with Gasteiger partial charge in [0.25, 0.3) is 5.91 Å². The van der Waals surface area contributed by atoms with Crippen molar-refractivity contribution in [3.63, 3.8) is 0 Å². The molecule has 0 fully saturated rings. The van der Waals surface area contributed by atoms with Crippen LogP contribution in [0.2, 0.25) is 0 Å². The molecule has 1 N–H and O–H groups in total. The Morgan fingerprint density at radius 3 is 2.53 bits per heavy atom. The number of benzene rings is 2. The first kappa shape index (κ1) is 13.1. The highest BCUT2D eigenvalue weighted by Gasteiger charge is 2.19. The molecule has 0 saturated carbocycles. The summed E-state index contributed by atoms with van der Waals surface area (Å²) in [6.45, 7) is 2.25. The van der Waals surface area contributed by atoms with E-state index in [4.69, 9.17) is 0 Å². The Bertz CT molecular complexity index is 584. The summed E-state index contributed by atoms with van der Waals surface area (Å²) in [5, 5.41) is 9.68. The van der Waals surface area contributed by atoms with Gasteiger partial charge in [-0.05, 0) is 37.3 Å². The predicted molar refractivity (Wildman–Crippen MR) is 71.9 cm³/mol. The van der Waals surface area contributed by atoms with E-state index in [9.17, 15) is 14.3 Å². The van der Waals surface area contributed by atoms with Crippen LogP contribution in [0, 0.1) is 5.82 Å². The lowest BCUT2D eigenvalue weighted by Crippen LogP contribution is -2.30. The van der Waals surface area contributed by atoms with Crippen LogP contribution >= 0.6 is 0 Å². The largest absolute Gasteiger partial charge is 0.507 e. The molecule has 0 atom stereocenters. The second-order valence-electron chi connectivity index (χ2n) is 4.05. The molecule has 0 aliphatic rings. The Balaban J connectivity index is 2.39. The number of carbonyl (C=O) groups excluding carboxylic acids is 1. The highest BCUT2D eigenvalue weighted by molar-refractivity contribution is 6.07. The van der Waals surface area contributed by atoms with Crippen LogP contribution in [-0.2, 0) is 0 Å². The van der Waals surface area contributed by atoms with Crippen molar-refractivity contribution >= 4 is 11.6 Å². The predicted octanol–water partition coefficient (Wildman–Crippen LogP) is 3.20. The number of phenols is 1. The maximum absolute atomic E-state index is 13.2. The third-order valence-electron chi connectivity index (χ3n) is 2.82. The Kier molecular flexibility index (Phi) is 3.80. The fourth-order valence-electron chi connectivity index (χ4n) is 1.88. The number of rotatable bonds is 3. The molecule has 0 spiro atoms. The van der Waals surface area contributed by atoms with Gasteiger partial charge in [0.15, 0.2) is 0 Å². The van der Waals surface area contributed by atoms with E-state index in [2.05, 4.69) is 0 Å². The Hall–Kier alpha value is -2.36. The molecule has 0 heterocycles. The topological polar surface area (TPSA) is 40.5 Å². The maximum Gasteiger partial charge on any atom is 0.262 e. The summed E-state index contributed by atoms with van der Waals surface area (Å²) in [6, 6.07) is 12.4. The first-order valence-electron chi connectivity index (χ1n) is 5.99. The van der Waals surface area contributed by atoms with Crippen molar-refractivity contribution in [1.29, 1.82) is 0 Å². The number of nitrogens with zero attached hydrogens (tertiary/aromatic N) is 1.